The quantitative estimate of drug-likeness (QED) is 0.319. The number of nitrogens with zero attached hydrogens (tertiary/aromatic N) is 8. The third-order valence-electron chi connectivity index (χ3n) is 9.96. The van der Waals surface area contributed by atoms with Gasteiger partial charge >= 0.3 is 0 Å². The van der Waals surface area contributed by atoms with Gasteiger partial charge in [0.1, 0.15) is 24.2 Å². The van der Waals surface area contributed by atoms with E-state index in [1.807, 2.05) is 29.3 Å². The number of aliphatic hydroxyl groups excluding tert-OH is 1. The highest BCUT2D eigenvalue weighted by atomic mass is 16.5. The van der Waals surface area contributed by atoms with Gasteiger partial charge in [0, 0.05) is 67.7 Å². The summed E-state index contributed by atoms with van der Waals surface area (Å²) < 4.78 is 13.0. The number of methoxy groups -OCH3 is 1. The number of pyridine rings is 3. The molecule has 5 aliphatic rings. The van der Waals surface area contributed by atoms with Crippen molar-refractivity contribution in [2.45, 2.75) is 37.5 Å². The van der Waals surface area contributed by atoms with Gasteiger partial charge in [-0.05, 0) is 43.5 Å². The van der Waals surface area contributed by atoms with Crippen LogP contribution in [0.1, 0.15) is 35.2 Å². The van der Waals surface area contributed by atoms with Crippen LogP contribution in [-0.2, 0) is 0 Å². The Morgan fingerprint density at radius 3 is 2.62 bits per heavy atom. The zero-order valence-electron chi connectivity index (χ0n) is 25.0. The van der Waals surface area contributed by atoms with Crippen molar-refractivity contribution in [1.82, 2.24) is 29.4 Å². The molecule has 230 valence electrons. The number of aromatic nitrogens is 4. The highest BCUT2D eigenvalue weighted by Gasteiger charge is 2.54. The van der Waals surface area contributed by atoms with E-state index in [0.29, 0.717) is 54.5 Å². The van der Waals surface area contributed by atoms with E-state index in [1.165, 1.54) is 0 Å². The largest absolute Gasteiger partial charge is 0.491 e. The molecule has 12 heteroatoms. The smallest absolute Gasteiger partial charge is 0.256 e. The predicted octanol–water partition coefficient (Wildman–Crippen LogP) is 2.61. The number of piperazine rings is 1. The van der Waals surface area contributed by atoms with Crippen molar-refractivity contribution in [2.75, 3.05) is 51.3 Å². The van der Waals surface area contributed by atoms with Gasteiger partial charge in [0.05, 0.1) is 54.3 Å². The summed E-state index contributed by atoms with van der Waals surface area (Å²) in [5.74, 6) is 1.99. The summed E-state index contributed by atoms with van der Waals surface area (Å²) in [7, 11) is 1.55. The molecule has 0 radical (unpaired) electrons. The van der Waals surface area contributed by atoms with Crippen molar-refractivity contribution >= 4 is 17.2 Å². The number of aliphatic hydroxyl groups is 1. The van der Waals surface area contributed by atoms with E-state index in [1.54, 1.807) is 42.3 Å². The Morgan fingerprint density at radius 2 is 1.96 bits per heavy atom. The SMILES string of the molecule is COc1ccc(C(=O)N2C3CC2CN(c2ccc(-c4cc(OCCN5CC(O)C6(CC6)C5)cn5ncc(C#N)c45)cn2)C3)cn1. The molecule has 1 aliphatic carbocycles. The minimum Gasteiger partial charge on any atom is -0.491 e. The fourth-order valence-corrected chi connectivity index (χ4v) is 7.28. The van der Waals surface area contributed by atoms with Gasteiger partial charge < -0.3 is 24.4 Å². The molecule has 3 unspecified atom stereocenters. The zero-order chi connectivity index (χ0) is 30.7. The van der Waals surface area contributed by atoms with E-state index in [2.05, 4.69) is 26.0 Å². The standard InChI is InChI=1S/C33H34N8O4/c1-44-30-5-3-22(14-36-30)32(43)41-24-10-25(41)17-39(16-24)29-4-2-21(13-35-29)27-11-26(18-40-31(27)23(12-34)15-37-40)45-9-8-38-19-28(42)33(20-38)6-7-33/h2-5,11,13-15,18,24-25,28,42H,6-10,16-17,19-20H2,1H3. The summed E-state index contributed by atoms with van der Waals surface area (Å²) >= 11 is 0. The molecule has 8 heterocycles. The van der Waals surface area contributed by atoms with Crippen LogP contribution in [0, 0.1) is 16.7 Å². The van der Waals surface area contributed by atoms with Crippen molar-refractivity contribution < 1.29 is 19.4 Å². The summed E-state index contributed by atoms with van der Waals surface area (Å²) in [6.45, 7) is 4.27. The first-order valence-electron chi connectivity index (χ1n) is 15.4. The number of likely N-dealkylation sites (tertiary alicyclic amines) is 1. The van der Waals surface area contributed by atoms with Gasteiger partial charge in [-0.15, -0.1) is 0 Å². The molecule has 2 bridgehead atoms. The second kappa shape index (κ2) is 10.7. The fourth-order valence-electron chi connectivity index (χ4n) is 7.28. The lowest BCUT2D eigenvalue weighted by atomic mass is 9.86. The Balaban J connectivity index is 0.965. The number of fused-ring (bicyclic) bond motifs is 3. The number of β-amino-alcohol motifs (C(OH)–C–C–N with tert-alkyl or cyclic N) is 1. The lowest BCUT2D eigenvalue weighted by molar-refractivity contribution is 0.00572. The molecule has 4 aromatic rings. The van der Waals surface area contributed by atoms with Gasteiger partial charge in [0.2, 0.25) is 5.88 Å². The molecule has 1 N–H and O–H groups in total. The van der Waals surface area contributed by atoms with Crippen LogP contribution in [0.15, 0.2) is 55.1 Å². The van der Waals surface area contributed by atoms with Gasteiger partial charge in [0.25, 0.3) is 5.91 Å². The second-order valence-corrected chi connectivity index (χ2v) is 12.7. The summed E-state index contributed by atoms with van der Waals surface area (Å²) in [6, 6.07) is 11.9. The number of hydrogen-bond acceptors (Lipinski definition) is 10. The van der Waals surface area contributed by atoms with Crippen LogP contribution in [0.25, 0.3) is 16.6 Å². The van der Waals surface area contributed by atoms with Crippen LogP contribution >= 0.6 is 0 Å². The van der Waals surface area contributed by atoms with E-state index < -0.39 is 0 Å². The van der Waals surface area contributed by atoms with E-state index in [4.69, 9.17) is 14.5 Å². The molecule has 4 aromatic heterocycles. The molecular formula is C33H34N8O4. The summed E-state index contributed by atoms with van der Waals surface area (Å²) in [5, 5.41) is 24.6. The maximum atomic E-state index is 13.2. The minimum atomic E-state index is -0.238. The lowest BCUT2D eigenvalue weighted by Gasteiger charge is -2.56. The second-order valence-electron chi connectivity index (χ2n) is 12.7. The van der Waals surface area contributed by atoms with E-state index in [-0.39, 0.29) is 29.5 Å². The number of piperidine rings is 1. The molecule has 12 nitrogen and oxygen atoms in total. The molecule has 3 atom stereocenters. The van der Waals surface area contributed by atoms with Crippen molar-refractivity contribution in [3.8, 4) is 28.8 Å². The molecule has 4 saturated heterocycles. The first-order chi connectivity index (χ1) is 21.9. The molecule has 9 rings (SSSR count). The molecule has 4 aliphatic heterocycles. The van der Waals surface area contributed by atoms with Gasteiger partial charge in [-0.3, -0.25) is 9.69 Å². The highest BCUT2D eigenvalue weighted by molar-refractivity contribution is 5.95. The number of amides is 1. The van der Waals surface area contributed by atoms with Crippen LogP contribution in [-0.4, -0.2) is 105 Å². The van der Waals surface area contributed by atoms with Crippen LogP contribution in [0.4, 0.5) is 5.82 Å². The minimum absolute atomic E-state index is 0.000524. The van der Waals surface area contributed by atoms with Crippen LogP contribution in [0.3, 0.4) is 0 Å². The van der Waals surface area contributed by atoms with E-state index in [0.717, 1.165) is 49.3 Å². The van der Waals surface area contributed by atoms with Gasteiger partial charge in [0.15, 0.2) is 0 Å². The van der Waals surface area contributed by atoms with Crippen molar-refractivity contribution in [1.29, 1.82) is 5.26 Å². The first-order valence-corrected chi connectivity index (χ1v) is 15.4. The molecule has 1 spiro atoms. The van der Waals surface area contributed by atoms with Crippen molar-refractivity contribution in [2.24, 2.45) is 5.41 Å². The third-order valence-corrected chi connectivity index (χ3v) is 9.96. The number of ether oxygens (including phenoxy) is 2. The van der Waals surface area contributed by atoms with Crippen molar-refractivity contribution in [3.63, 3.8) is 0 Å². The number of nitriles is 1. The number of carbonyl (C=O) groups is 1. The summed E-state index contributed by atoms with van der Waals surface area (Å²) in [5.41, 5.74) is 3.55. The van der Waals surface area contributed by atoms with E-state index >= 15 is 0 Å². The average Bonchev–Trinajstić information content (AvgIpc) is 3.63. The predicted molar refractivity (Wildman–Crippen MR) is 164 cm³/mol. The van der Waals surface area contributed by atoms with Gasteiger partial charge in [-0.25, -0.2) is 14.5 Å². The van der Waals surface area contributed by atoms with Crippen LogP contribution in [0.2, 0.25) is 0 Å². The topological polar surface area (TPSA) is 132 Å². The molecule has 1 saturated carbocycles. The summed E-state index contributed by atoms with van der Waals surface area (Å²) in [4.78, 5) is 28.7. The fraction of sp³-hybridized carbons (Fsp3) is 0.424. The molecule has 1 amide bonds. The Kier molecular flexibility index (Phi) is 6.62. The Bertz CT molecular complexity index is 1780. The maximum absolute atomic E-state index is 13.2. The molecule has 45 heavy (non-hydrogen) atoms. The number of anilines is 1. The van der Waals surface area contributed by atoms with Gasteiger partial charge in [-0.2, -0.15) is 10.4 Å². The molecule has 0 aromatic carbocycles. The highest BCUT2D eigenvalue weighted by Crippen LogP contribution is 2.52. The Labute approximate surface area is 260 Å². The molecule has 5 fully saturated rings. The number of carbonyl (C=O) groups excluding carboxylic acids is 1. The van der Waals surface area contributed by atoms with Crippen molar-refractivity contribution in [3.05, 3.63) is 66.2 Å². The molecular weight excluding hydrogens is 572 g/mol. The number of hydrogen-bond donors (Lipinski definition) is 1. The first kappa shape index (κ1) is 27.8. The zero-order valence-corrected chi connectivity index (χ0v) is 25.0. The Morgan fingerprint density at radius 1 is 1.11 bits per heavy atom. The number of rotatable bonds is 8. The maximum Gasteiger partial charge on any atom is 0.256 e. The third kappa shape index (κ3) is 4.83. The summed E-state index contributed by atoms with van der Waals surface area (Å²) in [6.07, 6.45) is 9.74. The lowest BCUT2D eigenvalue weighted by Crippen LogP contribution is -2.70. The normalized spacial score (nSPS) is 23.2. The van der Waals surface area contributed by atoms with E-state index in [9.17, 15) is 15.2 Å². The van der Waals surface area contributed by atoms with Crippen LogP contribution < -0.4 is 14.4 Å². The average molecular weight is 607 g/mol. The van der Waals surface area contributed by atoms with Gasteiger partial charge in [-0.1, -0.05) is 0 Å². The van der Waals surface area contributed by atoms with Crippen LogP contribution in [0.5, 0.6) is 11.6 Å². The monoisotopic (exact) mass is 606 g/mol. The Hall–Kier alpha value is -4.73.